The SMILES string of the molecule is COc1ccc(Cc2nn(-c3ccc(C(=O)NCc4ccccc4)cc3N)c3c2C(=O)CC(C)(C)C3)cc1OC. The van der Waals surface area contributed by atoms with Gasteiger partial charge in [0.25, 0.3) is 5.91 Å². The molecule has 206 valence electrons. The molecule has 1 heterocycles. The first-order valence-electron chi connectivity index (χ1n) is 13.3. The molecule has 0 unspecified atom stereocenters. The fourth-order valence-electron chi connectivity index (χ4n) is 5.30. The smallest absolute Gasteiger partial charge is 0.251 e. The average Bonchev–Trinajstić information content (AvgIpc) is 3.28. The van der Waals surface area contributed by atoms with Crippen LogP contribution in [0.5, 0.6) is 11.5 Å². The molecule has 0 aliphatic heterocycles. The van der Waals surface area contributed by atoms with Crippen molar-refractivity contribution in [2.24, 2.45) is 5.41 Å². The van der Waals surface area contributed by atoms with E-state index < -0.39 is 0 Å². The number of ketones is 1. The third kappa shape index (κ3) is 5.43. The van der Waals surface area contributed by atoms with E-state index in [2.05, 4.69) is 19.2 Å². The fraction of sp³-hybridized carbons (Fsp3) is 0.281. The number of nitrogens with zero attached hydrogens (tertiary/aromatic N) is 2. The molecule has 0 bridgehead atoms. The van der Waals surface area contributed by atoms with Crippen LogP contribution in [0.2, 0.25) is 0 Å². The molecule has 3 N–H and O–H groups in total. The van der Waals surface area contributed by atoms with Gasteiger partial charge in [-0.2, -0.15) is 5.10 Å². The zero-order valence-electron chi connectivity index (χ0n) is 23.3. The van der Waals surface area contributed by atoms with Crippen molar-refractivity contribution in [3.05, 3.63) is 100 Å². The van der Waals surface area contributed by atoms with E-state index in [9.17, 15) is 9.59 Å². The van der Waals surface area contributed by atoms with Crippen molar-refractivity contribution < 1.29 is 19.1 Å². The van der Waals surface area contributed by atoms with E-state index in [1.807, 2.05) is 48.5 Å². The van der Waals surface area contributed by atoms with Crippen molar-refractivity contribution in [1.29, 1.82) is 0 Å². The molecule has 0 radical (unpaired) electrons. The summed E-state index contributed by atoms with van der Waals surface area (Å²) in [5, 5.41) is 7.86. The van der Waals surface area contributed by atoms with Crippen molar-refractivity contribution >= 4 is 17.4 Å². The normalized spacial score (nSPS) is 13.9. The Morgan fingerprint density at radius 2 is 1.73 bits per heavy atom. The molecule has 8 heteroatoms. The highest BCUT2D eigenvalue weighted by Gasteiger charge is 2.37. The van der Waals surface area contributed by atoms with E-state index in [1.54, 1.807) is 37.1 Å². The van der Waals surface area contributed by atoms with E-state index in [1.165, 1.54) is 0 Å². The number of fused-ring (bicyclic) bond motifs is 1. The third-order valence-corrected chi connectivity index (χ3v) is 7.25. The standard InChI is InChI=1S/C32H34N4O4/c1-32(2)17-26-30(27(37)18-32)24(14-21-10-13-28(39-3)29(15-21)40-4)35-36(26)25-12-11-22(16-23(25)33)31(38)34-19-20-8-6-5-7-9-20/h5-13,15-16H,14,17-19,33H2,1-4H3,(H,34,38). The van der Waals surface area contributed by atoms with Gasteiger partial charge in [0, 0.05) is 24.9 Å². The molecule has 1 amide bonds. The number of Topliss-reactive ketones (excluding diaryl/α,β-unsaturated/α-hetero) is 1. The number of hydrogen-bond donors (Lipinski definition) is 2. The number of rotatable bonds is 8. The lowest BCUT2D eigenvalue weighted by Crippen LogP contribution is -2.28. The molecule has 0 fully saturated rings. The van der Waals surface area contributed by atoms with Crippen LogP contribution in [0, 0.1) is 5.41 Å². The van der Waals surface area contributed by atoms with Crippen LogP contribution in [0.3, 0.4) is 0 Å². The number of benzene rings is 3. The van der Waals surface area contributed by atoms with Gasteiger partial charge in [-0.1, -0.05) is 50.2 Å². The Hall–Kier alpha value is -4.59. The topological polar surface area (TPSA) is 108 Å². The fourth-order valence-corrected chi connectivity index (χ4v) is 5.30. The van der Waals surface area contributed by atoms with Crippen molar-refractivity contribution in [3.8, 4) is 17.2 Å². The second-order valence-corrected chi connectivity index (χ2v) is 10.9. The van der Waals surface area contributed by atoms with Gasteiger partial charge in [0.05, 0.1) is 42.5 Å². The molecule has 40 heavy (non-hydrogen) atoms. The van der Waals surface area contributed by atoms with Gasteiger partial charge in [0.15, 0.2) is 17.3 Å². The molecule has 0 atom stereocenters. The van der Waals surface area contributed by atoms with Gasteiger partial charge in [0.2, 0.25) is 0 Å². The third-order valence-electron chi connectivity index (χ3n) is 7.25. The predicted octanol–water partition coefficient (Wildman–Crippen LogP) is 5.15. The largest absolute Gasteiger partial charge is 0.493 e. The number of hydrogen-bond acceptors (Lipinski definition) is 6. The summed E-state index contributed by atoms with van der Waals surface area (Å²) >= 11 is 0. The molecule has 1 aliphatic carbocycles. The predicted molar refractivity (Wildman–Crippen MR) is 154 cm³/mol. The van der Waals surface area contributed by atoms with Gasteiger partial charge in [-0.25, -0.2) is 4.68 Å². The highest BCUT2D eigenvalue weighted by Crippen LogP contribution is 2.39. The lowest BCUT2D eigenvalue weighted by molar-refractivity contribution is 0.0908. The number of amides is 1. The Morgan fingerprint density at radius 3 is 2.42 bits per heavy atom. The van der Waals surface area contributed by atoms with Crippen LogP contribution in [0.1, 0.15) is 63.5 Å². The molecule has 1 aliphatic rings. The van der Waals surface area contributed by atoms with Crippen molar-refractivity contribution in [2.45, 2.75) is 39.7 Å². The molecule has 0 spiro atoms. The molecule has 4 aromatic rings. The first-order valence-corrected chi connectivity index (χ1v) is 13.3. The Kier molecular flexibility index (Phi) is 7.34. The summed E-state index contributed by atoms with van der Waals surface area (Å²) in [6, 6.07) is 20.6. The van der Waals surface area contributed by atoms with Gasteiger partial charge in [-0.15, -0.1) is 0 Å². The molecular formula is C32H34N4O4. The maximum absolute atomic E-state index is 13.4. The molecular weight excluding hydrogens is 504 g/mol. The maximum Gasteiger partial charge on any atom is 0.251 e. The van der Waals surface area contributed by atoms with Crippen LogP contribution < -0.4 is 20.5 Å². The van der Waals surface area contributed by atoms with Crippen molar-refractivity contribution in [1.82, 2.24) is 15.1 Å². The van der Waals surface area contributed by atoms with Gasteiger partial charge in [-0.05, 0) is 53.3 Å². The molecule has 5 rings (SSSR count). The van der Waals surface area contributed by atoms with Gasteiger partial charge in [0.1, 0.15) is 0 Å². The van der Waals surface area contributed by atoms with E-state index in [0.717, 1.165) is 16.8 Å². The summed E-state index contributed by atoms with van der Waals surface area (Å²) in [4.78, 5) is 26.2. The molecule has 0 saturated carbocycles. The molecule has 1 aromatic heterocycles. The quantitative estimate of drug-likeness (QED) is 0.301. The number of anilines is 1. The average molecular weight is 539 g/mol. The summed E-state index contributed by atoms with van der Waals surface area (Å²) in [5.41, 5.74) is 11.9. The van der Waals surface area contributed by atoms with Crippen LogP contribution in [-0.4, -0.2) is 35.7 Å². The van der Waals surface area contributed by atoms with E-state index >= 15 is 0 Å². The number of nitrogens with one attached hydrogen (secondary N) is 1. The zero-order chi connectivity index (χ0) is 28.4. The second kappa shape index (κ2) is 10.9. The van der Waals surface area contributed by atoms with Crippen LogP contribution in [0.25, 0.3) is 5.69 Å². The summed E-state index contributed by atoms with van der Waals surface area (Å²) in [6.45, 7) is 4.59. The minimum Gasteiger partial charge on any atom is -0.493 e. The van der Waals surface area contributed by atoms with E-state index in [-0.39, 0.29) is 17.1 Å². The summed E-state index contributed by atoms with van der Waals surface area (Å²) in [6.07, 6.45) is 1.56. The molecule has 0 saturated heterocycles. The summed E-state index contributed by atoms with van der Waals surface area (Å²) in [5.74, 6) is 1.11. The number of methoxy groups -OCH3 is 2. The summed E-state index contributed by atoms with van der Waals surface area (Å²) < 4.78 is 12.6. The lowest BCUT2D eigenvalue weighted by Gasteiger charge is -2.29. The highest BCUT2D eigenvalue weighted by atomic mass is 16.5. The summed E-state index contributed by atoms with van der Waals surface area (Å²) in [7, 11) is 3.19. The van der Waals surface area contributed by atoms with Crippen LogP contribution >= 0.6 is 0 Å². The van der Waals surface area contributed by atoms with Gasteiger partial charge < -0.3 is 20.5 Å². The number of carbonyl (C=O) groups excluding carboxylic acids is 2. The number of nitrogen functional groups attached to an aromatic ring is 1. The molecule has 8 nitrogen and oxygen atoms in total. The molecule has 3 aromatic carbocycles. The van der Waals surface area contributed by atoms with Gasteiger partial charge in [-0.3, -0.25) is 9.59 Å². The second-order valence-electron chi connectivity index (χ2n) is 10.9. The number of ether oxygens (including phenoxy) is 2. The maximum atomic E-state index is 13.4. The monoisotopic (exact) mass is 538 g/mol. The van der Waals surface area contributed by atoms with Crippen LogP contribution in [0.15, 0.2) is 66.7 Å². The van der Waals surface area contributed by atoms with Crippen LogP contribution in [-0.2, 0) is 19.4 Å². The Morgan fingerprint density at radius 1 is 0.975 bits per heavy atom. The van der Waals surface area contributed by atoms with Crippen molar-refractivity contribution in [3.63, 3.8) is 0 Å². The van der Waals surface area contributed by atoms with Gasteiger partial charge >= 0.3 is 0 Å². The minimum absolute atomic E-state index is 0.0726. The highest BCUT2D eigenvalue weighted by molar-refractivity contribution is 6.00. The Balaban J connectivity index is 1.48. The Labute approximate surface area is 234 Å². The number of nitrogens with two attached hydrogens (primary N) is 1. The van der Waals surface area contributed by atoms with E-state index in [0.29, 0.717) is 65.5 Å². The minimum atomic E-state index is -0.214. The zero-order valence-corrected chi connectivity index (χ0v) is 23.3. The number of carbonyl (C=O) groups is 2. The lowest BCUT2D eigenvalue weighted by atomic mass is 9.75. The number of aromatic nitrogens is 2. The Bertz CT molecular complexity index is 1570. The first-order chi connectivity index (χ1) is 19.2. The van der Waals surface area contributed by atoms with Crippen molar-refractivity contribution in [2.75, 3.05) is 20.0 Å². The van der Waals surface area contributed by atoms with Crippen LogP contribution in [0.4, 0.5) is 5.69 Å². The first kappa shape index (κ1) is 27.0. The van der Waals surface area contributed by atoms with E-state index in [4.69, 9.17) is 20.3 Å².